The summed E-state index contributed by atoms with van der Waals surface area (Å²) in [5, 5.41) is 38.0. The average molecular weight is 742 g/mol. The summed E-state index contributed by atoms with van der Waals surface area (Å²) in [4.78, 5) is 82.9. The molecule has 0 fully saturated rings. The van der Waals surface area contributed by atoms with Gasteiger partial charge in [0.15, 0.2) is 0 Å². The molecule has 0 heterocycles. The van der Waals surface area contributed by atoms with Crippen molar-refractivity contribution in [2.24, 2.45) is 5.73 Å². The molecule has 0 unspecified atom stereocenters. The lowest BCUT2D eigenvalue weighted by atomic mass is 10.0. The van der Waals surface area contributed by atoms with Crippen LogP contribution in [0.5, 0.6) is 0 Å². The fraction of sp³-hybridized carbons (Fsp3) is 0.811. The third-order valence-electron chi connectivity index (χ3n) is 8.81. The number of carbonyl (C=O) groups is 7. The van der Waals surface area contributed by atoms with E-state index in [-0.39, 0.29) is 50.3 Å². The van der Waals surface area contributed by atoms with Crippen molar-refractivity contribution in [2.75, 3.05) is 13.1 Å². The zero-order valence-electron chi connectivity index (χ0n) is 31.4. The number of aliphatic carboxylic acids is 3. The van der Waals surface area contributed by atoms with Gasteiger partial charge in [0.25, 0.3) is 0 Å². The largest absolute Gasteiger partial charge is 0.481 e. The summed E-state index contributed by atoms with van der Waals surface area (Å²) in [6, 6.07) is -3.25. The predicted octanol–water partition coefficient (Wildman–Crippen LogP) is 4.15. The molecule has 0 aromatic carbocycles. The maximum Gasteiger partial charge on any atom is 0.326 e. The van der Waals surface area contributed by atoms with Crippen molar-refractivity contribution in [2.45, 2.75) is 179 Å². The van der Waals surface area contributed by atoms with E-state index in [1.165, 1.54) is 0 Å². The van der Waals surface area contributed by atoms with E-state index in [4.69, 9.17) is 10.8 Å². The van der Waals surface area contributed by atoms with Gasteiger partial charge in [-0.15, -0.1) is 0 Å². The first-order valence-corrected chi connectivity index (χ1v) is 19.4. The van der Waals surface area contributed by atoms with Crippen LogP contribution in [0.1, 0.15) is 161 Å². The number of unbranched alkanes of at least 4 members (excludes halogenated alkanes) is 14. The minimum absolute atomic E-state index is 0.149. The van der Waals surface area contributed by atoms with Crippen molar-refractivity contribution < 1.29 is 48.9 Å². The molecule has 0 aromatic heterocycles. The molecule has 0 rings (SSSR count). The van der Waals surface area contributed by atoms with Gasteiger partial charge in [0.2, 0.25) is 23.6 Å². The smallest absolute Gasteiger partial charge is 0.326 e. The molecule has 0 aliphatic carbocycles. The quantitative estimate of drug-likeness (QED) is 0.0428. The molecule has 9 N–H and O–H groups in total. The highest BCUT2D eigenvalue weighted by atomic mass is 16.4. The van der Waals surface area contributed by atoms with Gasteiger partial charge in [-0.3, -0.25) is 24.0 Å². The second-order valence-corrected chi connectivity index (χ2v) is 13.6. The minimum atomic E-state index is -1.34. The minimum Gasteiger partial charge on any atom is -0.481 e. The Hall–Kier alpha value is -3.75. The van der Waals surface area contributed by atoms with E-state index in [0.717, 1.165) is 89.9 Å². The number of carbonyl (C=O) groups excluding carboxylic acids is 4. The van der Waals surface area contributed by atoms with Gasteiger partial charge in [-0.2, -0.15) is 0 Å². The second kappa shape index (κ2) is 31.9. The Morgan fingerprint density at radius 2 is 0.904 bits per heavy atom. The highest BCUT2D eigenvalue weighted by Crippen LogP contribution is 2.13. The number of hydrogen-bond donors (Lipinski definition) is 8. The summed E-state index contributed by atoms with van der Waals surface area (Å²) in [6.07, 6.45) is 16.2. The summed E-state index contributed by atoms with van der Waals surface area (Å²) >= 11 is 0. The fourth-order valence-electron chi connectivity index (χ4n) is 5.58. The number of carboxylic acids is 3. The van der Waals surface area contributed by atoms with Crippen LogP contribution in [0.25, 0.3) is 0 Å². The first-order chi connectivity index (χ1) is 24.9. The number of rotatable bonds is 35. The van der Waals surface area contributed by atoms with Gasteiger partial charge in [0.05, 0.1) is 6.04 Å². The van der Waals surface area contributed by atoms with Gasteiger partial charge in [0, 0.05) is 38.8 Å². The van der Waals surface area contributed by atoms with Crippen molar-refractivity contribution in [1.82, 2.24) is 21.3 Å². The molecule has 0 spiro atoms. The molecular weight excluding hydrogens is 674 g/mol. The monoisotopic (exact) mass is 741 g/mol. The van der Waals surface area contributed by atoms with Gasteiger partial charge >= 0.3 is 17.9 Å². The van der Waals surface area contributed by atoms with Crippen LogP contribution in [0, 0.1) is 0 Å². The normalized spacial score (nSPS) is 12.7. The molecule has 52 heavy (non-hydrogen) atoms. The van der Waals surface area contributed by atoms with Gasteiger partial charge < -0.3 is 42.3 Å². The van der Waals surface area contributed by atoms with E-state index in [1.807, 2.05) is 0 Å². The molecule has 0 radical (unpaired) electrons. The Balaban J connectivity index is 4.16. The lowest BCUT2D eigenvalue weighted by Gasteiger charge is -2.17. The molecule has 15 heteroatoms. The molecule has 0 saturated heterocycles. The maximum absolute atomic E-state index is 12.4. The first kappa shape index (κ1) is 48.2. The van der Waals surface area contributed by atoms with Crippen LogP contribution < -0.4 is 27.0 Å². The van der Waals surface area contributed by atoms with Gasteiger partial charge in [-0.1, -0.05) is 84.0 Å². The van der Waals surface area contributed by atoms with E-state index >= 15 is 0 Å². The lowest BCUT2D eigenvalue weighted by molar-refractivity contribution is -0.143. The lowest BCUT2D eigenvalue weighted by Crippen LogP contribution is -2.44. The van der Waals surface area contributed by atoms with Gasteiger partial charge in [0.1, 0.15) is 12.1 Å². The fourth-order valence-corrected chi connectivity index (χ4v) is 5.58. The highest BCUT2D eigenvalue weighted by Gasteiger charge is 2.24. The van der Waals surface area contributed by atoms with E-state index in [2.05, 4.69) is 28.2 Å². The van der Waals surface area contributed by atoms with Gasteiger partial charge in [-0.25, -0.2) is 9.59 Å². The Morgan fingerprint density at radius 3 is 1.38 bits per heavy atom. The molecule has 0 aliphatic heterocycles. The summed E-state index contributed by atoms with van der Waals surface area (Å²) in [7, 11) is 0. The predicted molar refractivity (Wildman–Crippen MR) is 197 cm³/mol. The average Bonchev–Trinajstić information content (AvgIpc) is 3.09. The summed E-state index contributed by atoms with van der Waals surface area (Å²) in [5.41, 5.74) is 5.91. The van der Waals surface area contributed by atoms with Crippen LogP contribution >= 0.6 is 0 Å². The van der Waals surface area contributed by atoms with E-state index < -0.39 is 47.8 Å². The molecule has 300 valence electrons. The zero-order chi connectivity index (χ0) is 39.0. The SMILES string of the molecule is CCCCCNC(=O)[C@@H](N)CCCCNC(=O)CC[C@H](NC(=O)CC[C@H](NC(=O)CCCCCCCCCCCCCCC(=O)O)C(=O)O)C(=O)O. The van der Waals surface area contributed by atoms with Crippen molar-refractivity contribution in [3.8, 4) is 0 Å². The van der Waals surface area contributed by atoms with Crippen molar-refractivity contribution in [3.63, 3.8) is 0 Å². The number of amides is 4. The Bertz CT molecular complexity index is 1060. The molecule has 3 atom stereocenters. The summed E-state index contributed by atoms with van der Waals surface area (Å²) < 4.78 is 0. The zero-order valence-corrected chi connectivity index (χ0v) is 31.4. The Morgan fingerprint density at radius 1 is 0.481 bits per heavy atom. The molecule has 0 aliphatic rings. The van der Waals surface area contributed by atoms with Crippen LogP contribution in [0.15, 0.2) is 0 Å². The highest BCUT2D eigenvalue weighted by molar-refractivity contribution is 5.86. The van der Waals surface area contributed by atoms with Crippen LogP contribution in [-0.2, 0) is 33.6 Å². The molecule has 0 bridgehead atoms. The number of nitrogens with one attached hydrogen (secondary N) is 4. The topological polar surface area (TPSA) is 254 Å². The van der Waals surface area contributed by atoms with Crippen molar-refractivity contribution in [1.29, 1.82) is 0 Å². The number of carboxylic acid groups (broad SMARTS) is 3. The number of nitrogens with two attached hydrogens (primary N) is 1. The van der Waals surface area contributed by atoms with Crippen LogP contribution in [0.4, 0.5) is 0 Å². The van der Waals surface area contributed by atoms with Crippen LogP contribution in [0.2, 0.25) is 0 Å². The molecular formula is C37H67N5O10. The Labute approximate surface area is 309 Å². The van der Waals surface area contributed by atoms with E-state index in [1.54, 1.807) is 0 Å². The molecule has 0 saturated carbocycles. The molecule has 0 aromatic rings. The summed E-state index contributed by atoms with van der Waals surface area (Å²) in [5.74, 6) is -5.05. The molecule has 15 nitrogen and oxygen atoms in total. The molecule has 4 amide bonds. The maximum atomic E-state index is 12.4. The third-order valence-corrected chi connectivity index (χ3v) is 8.81. The van der Waals surface area contributed by atoms with Gasteiger partial charge in [-0.05, 0) is 51.4 Å². The summed E-state index contributed by atoms with van der Waals surface area (Å²) in [6.45, 7) is 3.01. The second-order valence-electron chi connectivity index (χ2n) is 13.6. The van der Waals surface area contributed by atoms with Crippen molar-refractivity contribution >= 4 is 41.5 Å². The first-order valence-electron chi connectivity index (χ1n) is 19.4. The Kier molecular flexibility index (Phi) is 29.6. The van der Waals surface area contributed by atoms with Crippen LogP contribution in [-0.4, -0.2) is 88.1 Å². The standard InChI is InChI=1S/C37H67N5O10/c1-2-3-17-27-40-35(48)28(38)19-16-18-26-39-31(43)24-22-29(36(49)50)42-33(45)25-23-30(37(51)52)41-32(44)20-14-12-10-8-6-4-5-7-9-11-13-15-21-34(46)47/h28-30H,2-27,38H2,1H3,(H,39,43)(H,40,48)(H,41,44)(H,42,45)(H,46,47)(H,49,50)(H,51,52)/t28-,29-,30-/m0/s1. The van der Waals surface area contributed by atoms with E-state index in [9.17, 15) is 43.8 Å². The van der Waals surface area contributed by atoms with E-state index in [0.29, 0.717) is 38.8 Å². The number of hydrogen-bond acceptors (Lipinski definition) is 8. The van der Waals surface area contributed by atoms with Crippen LogP contribution in [0.3, 0.4) is 0 Å². The van der Waals surface area contributed by atoms with Crippen molar-refractivity contribution in [3.05, 3.63) is 0 Å². The third kappa shape index (κ3) is 28.9.